The quantitative estimate of drug-likeness (QED) is 0.707. The number of hydrogen-bond donors (Lipinski definition) is 1. The van der Waals surface area contributed by atoms with E-state index < -0.39 is 17.3 Å². The lowest BCUT2D eigenvalue weighted by molar-refractivity contribution is 0.500. The van der Waals surface area contributed by atoms with Crippen LogP contribution in [-0.4, -0.2) is 0 Å². The van der Waals surface area contributed by atoms with Crippen LogP contribution in [-0.2, 0) is 6.54 Å². The van der Waals surface area contributed by atoms with Gasteiger partial charge in [0.25, 0.3) is 0 Å². The highest BCUT2D eigenvalue weighted by Gasteiger charge is 2.12. The summed E-state index contributed by atoms with van der Waals surface area (Å²) in [6, 6.07) is 8.94. The molecular formula is C20H19F2NO2. The van der Waals surface area contributed by atoms with Crippen LogP contribution in [0.2, 0.25) is 0 Å². The van der Waals surface area contributed by atoms with Crippen molar-refractivity contribution in [2.45, 2.75) is 33.4 Å². The minimum absolute atomic E-state index is 0.205. The molecule has 2 aromatic carbocycles. The van der Waals surface area contributed by atoms with Crippen molar-refractivity contribution in [3.63, 3.8) is 0 Å². The van der Waals surface area contributed by atoms with E-state index in [1.165, 1.54) is 12.1 Å². The molecule has 0 saturated carbocycles. The van der Waals surface area contributed by atoms with E-state index in [2.05, 4.69) is 5.32 Å². The van der Waals surface area contributed by atoms with Gasteiger partial charge in [0, 0.05) is 24.0 Å². The van der Waals surface area contributed by atoms with Gasteiger partial charge >= 0.3 is 5.63 Å². The van der Waals surface area contributed by atoms with Crippen molar-refractivity contribution in [1.29, 1.82) is 0 Å². The first kappa shape index (κ1) is 17.3. The number of hydrogen-bond acceptors (Lipinski definition) is 3. The van der Waals surface area contributed by atoms with E-state index in [1.54, 1.807) is 6.07 Å². The average Bonchev–Trinajstić information content (AvgIpc) is 2.56. The summed E-state index contributed by atoms with van der Waals surface area (Å²) in [4.78, 5) is 11.8. The standard InChI is InChI=1S/C20H19F2NO2/c1-11-6-16-15(9-20(24)25-19(16)7-12(11)2)10-23-13(3)14-4-5-17(21)18(22)8-14/h4-9,13,23H,10H2,1-3H3/t13-/m1/s1. The molecule has 0 spiro atoms. The Labute approximate surface area is 144 Å². The molecule has 0 fully saturated rings. The molecule has 0 saturated heterocycles. The summed E-state index contributed by atoms with van der Waals surface area (Å²) < 4.78 is 31.7. The van der Waals surface area contributed by atoms with E-state index in [-0.39, 0.29) is 6.04 Å². The van der Waals surface area contributed by atoms with Gasteiger partial charge in [-0.3, -0.25) is 0 Å². The molecule has 1 heterocycles. The lowest BCUT2D eigenvalue weighted by atomic mass is 10.0. The molecule has 3 aromatic rings. The van der Waals surface area contributed by atoms with Crippen molar-refractivity contribution in [3.05, 3.63) is 80.7 Å². The zero-order valence-electron chi connectivity index (χ0n) is 14.3. The number of benzene rings is 2. The number of halogens is 2. The normalized spacial score (nSPS) is 12.5. The maximum absolute atomic E-state index is 13.4. The maximum atomic E-state index is 13.4. The van der Waals surface area contributed by atoms with Crippen molar-refractivity contribution >= 4 is 11.0 Å². The fraction of sp³-hybridized carbons (Fsp3) is 0.250. The molecule has 0 amide bonds. The van der Waals surface area contributed by atoms with Crippen molar-refractivity contribution < 1.29 is 13.2 Å². The third-order valence-electron chi connectivity index (χ3n) is 4.49. The number of fused-ring (bicyclic) bond motifs is 1. The van der Waals surface area contributed by atoms with Gasteiger partial charge in [-0.05, 0) is 67.3 Å². The minimum atomic E-state index is -0.872. The Morgan fingerprint density at radius 1 is 1.04 bits per heavy atom. The molecule has 5 heteroatoms. The zero-order chi connectivity index (χ0) is 18.1. The highest BCUT2D eigenvalue weighted by Crippen LogP contribution is 2.23. The van der Waals surface area contributed by atoms with E-state index in [1.807, 2.05) is 32.9 Å². The Balaban J connectivity index is 1.88. The van der Waals surface area contributed by atoms with E-state index in [0.717, 1.165) is 28.1 Å². The Kier molecular flexibility index (Phi) is 4.68. The third-order valence-corrected chi connectivity index (χ3v) is 4.49. The second-order valence-electron chi connectivity index (χ2n) is 6.30. The van der Waals surface area contributed by atoms with Crippen LogP contribution in [0.15, 0.2) is 45.6 Å². The number of rotatable bonds is 4. The lowest BCUT2D eigenvalue weighted by Gasteiger charge is -2.15. The molecule has 0 radical (unpaired) electrons. The molecule has 1 aromatic heterocycles. The van der Waals surface area contributed by atoms with Crippen molar-refractivity contribution in [2.75, 3.05) is 0 Å². The van der Waals surface area contributed by atoms with Crippen molar-refractivity contribution in [3.8, 4) is 0 Å². The van der Waals surface area contributed by atoms with E-state index in [4.69, 9.17) is 4.42 Å². The summed E-state index contributed by atoms with van der Waals surface area (Å²) in [5.41, 5.74) is 3.75. The summed E-state index contributed by atoms with van der Waals surface area (Å²) in [7, 11) is 0. The van der Waals surface area contributed by atoms with Gasteiger partial charge in [-0.1, -0.05) is 6.07 Å². The predicted octanol–water partition coefficient (Wildman–Crippen LogP) is 4.54. The van der Waals surface area contributed by atoms with Gasteiger partial charge in [0.15, 0.2) is 11.6 Å². The maximum Gasteiger partial charge on any atom is 0.336 e. The molecule has 0 aliphatic heterocycles. The monoisotopic (exact) mass is 343 g/mol. The summed E-state index contributed by atoms with van der Waals surface area (Å²) in [6.45, 7) is 6.23. The van der Waals surface area contributed by atoms with Crippen molar-refractivity contribution in [1.82, 2.24) is 5.32 Å². The Bertz CT molecular complexity index is 995. The van der Waals surface area contributed by atoms with Gasteiger partial charge in [-0.15, -0.1) is 0 Å². The first-order valence-corrected chi connectivity index (χ1v) is 8.07. The van der Waals surface area contributed by atoms with Crippen LogP contribution in [0.1, 0.15) is 35.2 Å². The topological polar surface area (TPSA) is 42.2 Å². The molecule has 130 valence electrons. The Hall–Kier alpha value is -2.53. The molecule has 0 bridgehead atoms. The molecule has 0 aliphatic carbocycles. The lowest BCUT2D eigenvalue weighted by Crippen LogP contribution is -2.19. The van der Waals surface area contributed by atoms with E-state index in [0.29, 0.717) is 17.7 Å². The van der Waals surface area contributed by atoms with Gasteiger partial charge < -0.3 is 9.73 Å². The molecule has 1 atom stereocenters. The van der Waals surface area contributed by atoms with Gasteiger partial charge in [-0.2, -0.15) is 0 Å². The molecular weight excluding hydrogens is 324 g/mol. The molecule has 1 N–H and O–H groups in total. The average molecular weight is 343 g/mol. The van der Waals surface area contributed by atoms with Crippen LogP contribution >= 0.6 is 0 Å². The smallest absolute Gasteiger partial charge is 0.336 e. The van der Waals surface area contributed by atoms with Crippen LogP contribution in [0, 0.1) is 25.5 Å². The zero-order valence-corrected chi connectivity index (χ0v) is 14.3. The highest BCUT2D eigenvalue weighted by atomic mass is 19.2. The molecule has 0 aliphatic rings. The molecule has 3 rings (SSSR count). The third kappa shape index (κ3) is 3.61. The van der Waals surface area contributed by atoms with E-state index in [9.17, 15) is 13.6 Å². The Morgan fingerprint density at radius 3 is 2.48 bits per heavy atom. The highest BCUT2D eigenvalue weighted by molar-refractivity contribution is 5.81. The predicted molar refractivity (Wildman–Crippen MR) is 93.6 cm³/mol. The summed E-state index contributed by atoms with van der Waals surface area (Å²) in [5.74, 6) is -1.74. The van der Waals surface area contributed by atoms with Gasteiger partial charge in [0.2, 0.25) is 0 Å². The van der Waals surface area contributed by atoms with Crippen LogP contribution in [0.5, 0.6) is 0 Å². The SMILES string of the molecule is Cc1cc2oc(=O)cc(CN[C@H](C)c3ccc(F)c(F)c3)c2cc1C. The first-order chi connectivity index (χ1) is 11.8. The van der Waals surface area contributed by atoms with Gasteiger partial charge in [0.05, 0.1) is 0 Å². The molecule has 25 heavy (non-hydrogen) atoms. The van der Waals surface area contributed by atoms with E-state index >= 15 is 0 Å². The van der Waals surface area contributed by atoms with Gasteiger partial charge in [0.1, 0.15) is 5.58 Å². The first-order valence-electron chi connectivity index (χ1n) is 8.07. The number of aryl methyl sites for hydroxylation is 2. The molecule has 3 nitrogen and oxygen atoms in total. The van der Waals surface area contributed by atoms with Crippen LogP contribution in [0.25, 0.3) is 11.0 Å². The largest absolute Gasteiger partial charge is 0.423 e. The van der Waals surface area contributed by atoms with Crippen molar-refractivity contribution in [2.24, 2.45) is 0 Å². The summed E-state index contributed by atoms with van der Waals surface area (Å²) >= 11 is 0. The van der Waals surface area contributed by atoms with Crippen LogP contribution in [0.3, 0.4) is 0 Å². The van der Waals surface area contributed by atoms with Crippen LogP contribution < -0.4 is 10.9 Å². The van der Waals surface area contributed by atoms with Crippen LogP contribution in [0.4, 0.5) is 8.78 Å². The second-order valence-corrected chi connectivity index (χ2v) is 6.30. The molecule has 0 unspecified atom stereocenters. The Morgan fingerprint density at radius 2 is 1.76 bits per heavy atom. The second kappa shape index (κ2) is 6.76. The minimum Gasteiger partial charge on any atom is -0.423 e. The summed E-state index contributed by atoms with van der Waals surface area (Å²) in [6.07, 6.45) is 0. The van der Waals surface area contributed by atoms with Gasteiger partial charge in [-0.25, -0.2) is 13.6 Å². The summed E-state index contributed by atoms with van der Waals surface area (Å²) in [5, 5.41) is 4.11. The fourth-order valence-corrected chi connectivity index (χ4v) is 2.79. The number of nitrogens with one attached hydrogen (secondary N) is 1. The fourth-order valence-electron chi connectivity index (χ4n) is 2.79.